The molecule has 2 fully saturated rings. The predicted octanol–water partition coefficient (Wildman–Crippen LogP) is 1.35. The predicted molar refractivity (Wildman–Crippen MR) is 93.6 cm³/mol. The summed E-state index contributed by atoms with van der Waals surface area (Å²) in [5.74, 6) is 0.213. The number of amides is 1. The van der Waals surface area contributed by atoms with E-state index >= 15 is 0 Å². The second-order valence-electron chi connectivity index (χ2n) is 6.93. The molecule has 2 aliphatic rings. The number of carbonyl (C=O) groups excluding carboxylic acids is 1. The first-order chi connectivity index (χ1) is 11.8. The van der Waals surface area contributed by atoms with Crippen LogP contribution in [0.5, 0.6) is 0 Å². The molecule has 1 amide bonds. The fourth-order valence-electron chi connectivity index (χ4n) is 3.90. The summed E-state index contributed by atoms with van der Waals surface area (Å²) in [7, 11) is 0. The van der Waals surface area contributed by atoms with Crippen LogP contribution in [0.1, 0.15) is 24.8 Å². The summed E-state index contributed by atoms with van der Waals surface area (Å²) < 4.78 is 0. The van der Waals surface area contributed by atoms with E-state index in [4.69, 9.17) is 0 Å². The van der Waals surface area contributed by atoms with Crippen molar-refractivity contribution in [3.8, 4) is 0 Å². The van der Waals surface area contributed by atoms with Crippen molar-refractivity contribution in [3.05, 3.63) is 30.0 Å². The van der Waals surface area contributed by atoms with Gasteiger partial charge in [-0.25, -0.2) is 0 Å². The highest BCUT2D eigenvalue weighted by Crippen LogP contribution is 2.18. The number of nitrogens with one attached hydrogen (secondary N) is 2. The number of H-pyrrole nitrogens is 1. The Morgan fingerprint density at radius 1 is 1.17 bits per heavy atom. The van der Waals surface area contributed by atoms with E-state index in [9.17, 15) is 4.79 Å². The van der Waals surface area contributed by atoms with Crippen molar-refractivity contribution in [1.29, 1.82) is 0 Å². The van der Waals surface area contributed by atoms with E-state index in [1.54, 1.807) is 0 Å². The summed E-state index contributed by atoms with van der Waals surface area (Å²) in [6, 6.07) is 7.11. The van der Waals surface area contributed by atoms with Gasteiger partial charge in [0.2, 0.25) is 5.91 Å². The monoisotopic (exact) mass is 327 g/mol. The van der Waals surface area contributed by atoms with E-state index in [0.29, 0.717) is 12.5 Å². The highest BCUT2D eigenvalue weighted by atomic mass is 16.1. The molecule has 0 radical (unpaired) electrons. The maximum atomic E-state index is 11.5. The summed E-state index contributed by atoms with van der Waals surface area (Å²) in [6.45, 7) is 6.22. The second-order valence-corrected chi connectivity index (χ2v) is 6.93. The molecule has 2 N–H and O–H groups in total. The molecule has 128 valence electrons. The average Bonchev–Trinajstić information content (AvgIpc) is 2.96. The molecule has 1 atom stereocenters. The lowest BCUT2D eigenvalue weighted by molar-refractivity contribution is -0.120. The highest BCUT2D eigenvalue weighted by molar-refractivity contribution is 5.78. The maximum Gasteiger partial charge on any atom is 0.220 e. The van der Waals surface area contributed by atoms with Gasteiger partial charge in [-0.1, -0.05) is 12.1 Å². The lowest BCUT2D eigenvalue weighted by Crippen LogP contribution is -2.50. The smallest absolute Gasteiger partial charge is 0.220 e. The fraction of sp³-hybridized carbons (Fsp3) is 0.556. The molecule has 2 aromatic rings. The molecular formula is C18H25N5O. The van der Waals surface area contributed by atoms with Crippen LogP contribution in [-0.4, -0.2) is 64.7 Å². The second kappa shape index (κ2) is 6.91. The summed E-state index contributed by atoms with van der Waals surface area (Å²) in [5.41, 5.74) is 2.45. The minimum absolute atomic E-state index is 0.213. The molecule has 0 aliphatic carbocycles. The van der Waals surface area contributed by atoms with Crippen molar-refractivity contribution in [2.45, 2.75) is 31.8 Å². The zero-order chi connectivity index (χ0) is 16.4. The van der Waals surface area contributed by atoms with Gasteiger partial charge in [0.1, 0.15) is 0 Å². The standard InChI is InChI=1S/C18H25N5O/c24-18-4-3-16(5-6-19-18)23-9-7-22(8-10-23)13-14-1-2-15-12-20-21-17(15)11-14/h1-2,11-12,16H,3-10,13H2,(H,19,24)(H,20,21). The van der Waals surface area contributed by atoms with E-state index in [2.05, 4.69) is 43.5 Å². The first kappa shape index (κ1) is 15.6. The number of aromatic nitrogens is 2. The summed E-state index contributed by atoms with van der Waals surface area (Å²) in [6.07, 6.45) is 4.63. The van der Waals surface area contributed by atoms with Gasteiger partial charge in [0.05, 0.1) is 11.7 Å². The Kier molecular flexibility index (Phi) is 4.49. The minimum atomic E-state index is 0.213. The van der Waals surface area contributed by atoms with Crippen LogP contribution in [-0.2, 0) is 11.3 Å². The number of benzene rings is 1. The van der Waals surface area contributed by atoms with Gasteiger partial charge in [-0.2, -0.15) is 5.10 Å². The van der Waals surface area contributed by atoms with E-state index in [-0.39, 0.29) is 5.91 Å². The molecule has 6 nitrogen and oxygen atoms in total. The molecule has 4 rings (SSSR count). The third-order valence-electron chi connectivity index (χ3n) is 5.34. The van der Waals surface area contributed by atoms with Gasteiger partial charge in [0, 0.05) is 57.1 Å². The van der Waals surface area contributed by atoms with Crippen LogP contribution in [0.3, 0.4) is 0 Å². The van der Waals surface area contributed by atoms with Crippen molar-refractivity contribution in [2.75, 3.05) is 32.7 Å². The number of fused-ring (bicyclic) bond motifs is 1. The third-order valence-corrected chi connectivity index (χ3v) is 5.34. The van der Waals surface area contributed by atoms with E-state index in [1.807, 2.05) is 6.20 Å². The maximum absolute atomic E-state index is 11.5. The Morgan fingerprint density at radius 2 is 2.04 bits per heavy atom. The molecule has 2 aliphatic heterocycles. The lowest BCUT2D eigenvalue weighted by atomic mass is 10.1. The van der Waals surface area contributed by atoms with Crippen molar-refractivity contribution in [2.24, 2.45) is 0 Å². The van der Waals surface area contributed by atoms with Gasteiger partial charge in [-0.05, 0) is 24.5 Å². The Labute approximate surface area is 142 Å². The molecule has 0 spiro atoms. The zero-order valence-electron chi connectivity index (χ0n) is 14.0. The molecule has 1 aromatic heterocycles. The Bertz CT molecular complexity index is 704. The first-order valence-corrected chi connectivity index (χ1v) is 8.93. The fourth-order valence-corrected chi connectivity index (χ4v) is 3.90. The molecular weight excluding hydrogens is 302 g/mol. The number of hydrogen-bond acceptors (Lipinski definition) is 4. The number of rotatable bonds is 3. The number of piperazine rings is 1. The average molecular weight is 327 g/mol. The molecule has 1 aromatic carbocycles. The summed E-state index contributed by atoms with van der Waals surface area (Å²) in [4.78, 5) is 16.6. The molecule has 3 heterocycles. The van der Waals surface area contributed by atoms with Gasteiger partial charge in [-0.15, -0.1) is 0 Å². The van der Waals surface area contributed by atoms with Crippen LogP contribution >= 0.6 is 0 Å². The molecule has 2 saturated heterocycles. The summed E-state index contributed by atoms with van der Waals surface area (Å²) in [5, 5.41) is 11.3. The summed E-state index contributed by atoms with van der Waals surface area (Å²) >= 11 is 0. The first-order valence-electron chi connectivity index (χ1n) is 8.93. The van der Waals surface area contributed by atoms with Crippen molar-refractivity contribution >= 4 is 16.8 Å². The van der Waals surface area contributed by atoms with E-state index in [1.165, 1.54) is 10.9 Å². The van der Waals surface area contributed by atoms with Gasteiger partial charge in [0.25, 0.3) is 0 Å². The van der Waals surface area contributed by atoms with Crippen LogP contribution < -0.4 is 5.32 Å². The normalized spacial score (nSPS) is 24.0. The quantitative estimate of drug-likeness (QED) is 0.893. The lowest BCUT2D eigenvalue weighted by Gasteiger charge is -2.39. The van der Waals surface area contributed by atoms with Crippen LogP contribution in [0.4, 0.5) is 0 Å². The van der Waals surface area contributed by atoms with Crippen molar-refractivity contribution < 1.29 is 4.79 Å². The van der Waals surface area contributed by atoms with Gasteiger partial charge >= 0.3 is 0 Å². The Morgan fingerprint density at radius 3 is 2.92 bits per heavy atom. The highest BCUT2D eigenvalue weighted by Gasteiger charge is 2.25. The molecule has 6 heteroatoms. The molecule has 0 saturated carbocycles. The number of hydrogen-bond donors (Lipinski definition) is 2. The van der Waals surface area contributed by atoms with Crippen LogP contribution in [0.25, 0.3) is 10.9 Å². The van der Waals surface area contributed by atoms with Crippen molar-refractivity contribution in [1.82, 2.24) is 25.3 Å². The molecule has 24 heavy (non-hydrogen) atoms. The largest absolute Gasteiger partial charge is 0.356 e. The SMILES string of the molecule is O=C1CCC(N2CCN(Cc3ccc4cn[nH]c4c3)CC2)CCN1. The van der Waals surface area contributed by atoms with E-state index in [0.717, 1.165) is 57.6 Å². The number of nitrogens with zero attached hydrogens (tertiary/aromatic N) is 3. The van der Waals surface area contributed by atoms with Gasteiger partial charge < -0.3 is 5.32 Å². The van der Waals surface area contributed by atoms with Crippen LogP contribution in [0, 0.1) is 0 Å². The number of carbonyl (C=O) groups is 1. The molecule has 0 bridgehead atoms. The molecule has 1 unspecified atom stereocenters. The van der Waals surface area contributed by atoms with Gasteiger partial charge in [0.15, 0.2) is 0 Å². The Hall–Kier alpha value is -1.92. The zero-order valence-corrected chi connectivity index (χ0v) is 14.0. The minimum Gasteiger partial charge on any atom is -0.356 e. The number of aromatic amines is 1. The van der Waals surface area contributed by atoms with E-state index < -0.39 is 0 Å². The van der Waals surface area contributed by atoms with Crippen molar-refractivity contribution in [3.63, 3.8) is 0 Å². The third kappa shape index (κ3) is 3.44. The topological polar surface area (TPSA) is 64.3 Å². The van der Waals surface area contributed by atoms with Crippen LogP contribution in [0.15, 0.2) is 24.4 Å². The van der Waals surface area contributed by atoms with Gasteiger partial charge in [-0.3, -0.25) is 19.7 Å². The van der Waals surface area contributed by atoms with Crippen LogP contribution in [0.2, 0.25) is 0 Å². The Balaban J connectivity index is 1.31.